The Labute approximate surface area is 124 Å². The van der Waals surface area contributed by atoms with E-state index in [0.717, 1.165) is 26.2 Å². The summed E-state index contributed by atoms with van der Waals surface area (Å²) in [4.78, 5) is 16.2. The van der Waals surface area contributed by atoms with Crippen LogP contribution in [0.15, 0.2) is 18.2 Å². The number of ether oxygens (including phenoxy) is 1. The summed E-state index contributed by atoms with van der Waals surface area (Å²) in [5, 5.41) is 3.66. The zero-order valence-corrected chi connectivity index (χ0v) is 12.6. The van der Waals surface area contributed by atoms with Gasteiger partial charge in [0.25, 0.3) is 0 Å². The lowest BCUT2D eigenvalue weighted by molar-refractivity contribution is -0.130. The number of rotatable bonds is 4. The summed E-state index contributed by atoms with van der Waals surface area (Å²) in [5.74, 6) is 0.806. The third-order valence-electron chi connectivity index (χ3n) is 3.46. The average molecular weight is 298 g/mol. The number of nitrogens with one attached hydrogen (secondary N) is 1. The van der Waals surface area contributed by atoms with Gasteiger partial charge in [-0.25, -0.2) is 0 Å². The summed E-state index contributed by atoms with van der Waals surface area (Å²) in [5.41, 5.74) is 0.716. The van der Waals surface area contributed by atoms with Gasteiger partial charge in [0.15, 0.2) is 0 Å². The number of benzene rings is 1. The third-order valence-corrected chi connectivity index (χ3v) is 3.79. The van der Waals surface area contributed by atoms with E-state index in [2.05, 4.69) is 17.3 Å². The van der Waals surface area contributed by atoms with Crippen LogP contribution >= 0.6 is 11.6 Å². The van der Waals surface area contributed by atoms with E-state index in [9.17, 15) is 4.79 Å². The molecule has 6 heteroatoms. The molecule has 1 amide bonds. The topological polar surface area (TPSA) is 44.8 Å². The van der Waals surface area contributed by atoms with Gasteiger partial charge in [0.1, 0.15) is 5.75 Å². The lowest BCUT2D eigenvalue weighted by Crippen LogP contribution is -2.48. The molecule has 2 rings (SSSR count). The number of amides is 1. The fourth-order valence-corrected chi connectivity index (χ4v) is 2.29. The van der Waals surface area contributed by atoms with E-state index in [1.165, 1.54) is 0 Å². The van der Waals surface area contributed by atoms with Crippen molar-refractivity contribution < 1.29 is 9.53 Å². The Morgan fingerprint density at radius 2 is 2.05 bits per heavy atom. The fourth-order valence-electron chi connectivity index (χ4n) is 2.11. The van der Waals surface area contributed by atoms with E-state index < -0.39 is 0 Å². The molecule has 1 aliphatic heterocycles. The van der Waals surface area contributed by atoms with Crippen LogP contribution < -0.4 is 10.1 Å². The molecule has 1 N–H and O–H groups in total. The van der Waals surface area contributed by atoms with Crippen molar-refractivity contribution in [2.24, 2.45) is 0 Å². The molecule has 0 saturated carbocycles. The van der Waals surface area contributed by atoms with Gasteiger partial charge in [-0.05, 0) is 19.2 Å². The zero-order chi connectivity index (χ0) is 14.5. The first-order valence-corrected chi connectivity index (χ1v) is 7.01. The second kappa shape index (κ2) is 6.81. The molecular weight excluding hydrogens is 278 g/mol. The Bertz CT molecular complexity index is 473. The SMILES string of the molecule is COc1ccc(Cl)c(NCC(=O)N2CCN(C)CC2)c1. The van der Waals surface area contributed by atoms with Gasteiger partial charge in [-0.1, -0.05) is 11.6 Å². The Morgan fingerprint density at radius 1 is 1.35 bits per heavy atom. The number of nitrogens with zero attached hydrogens (tertiary/aromatic N) is 2. The highest BCUT2D eigenvalue weighted by atomic mass is 35.5. The van der Waals surface area contributed by atoms with Crippen molar-refractivity contribution in [2.45, 2.75) is 0 Å². The van der Waals surface area contributed by atoms with Crippen molar-refractivity contribution in [3.05, 3.63) is 23.2 Å². The molecule has 1 aromatic carbocycles. The smallest absolute Gasteiger partial charge is 0.241 e. The minimum Gasteiger partial charge on any atom is -0.497 e. The standard InChI is InChI=1S/C14H20ClN3O2/c1-17-5-7-18(8-6-17)14(19)10-16-13-9-11(20-2)3-4-12(13)15/h3-4,9,16H,5-8,10H2,1-2H3. The number of likely N-dealkylation sites (N-methyl/N-ethyl adjacent to an activating group) is 1. The van der Waals surface area contributed by atoms with Gasteiger partial charge in [-0.15, -0.1) is 0 Å². The fraction of sp³-hybridized carbons (Fsp3) is 0.500. The average Bonchev–Trinajstić information content (AvgIpc) is 2.47. The summed E-state index contributed by atoms with van der Waals surface area (Å²) in [7, 11) is 3.67. The van der Waals surface area contributed by atoms with E-state index in [1.807, 2.05) is 4.90 Å². The maximum absolute atomic E-state index is 12.1. The van der Waals surface area contributed by atoms with Crippen LogP contribution in [0.2, 0.25) is 5.02 Å². The van der Waals surface area contributed by atoms with Gasteiger partial charge in [-0.2, -0.15) is 0 Å². The van der Waals surface area contributed by atoms with Gasteiger partial charge in [0.05, 0.1) is 24.4 Å². The summed E-state index contributed by atoms with van der Waals surface area (Å²) in [6, 6.07) is 5.33. The summed E-state index contributed by atoms with van der Waals surface area (Å²) in [6.45, 7) is 3.65. The first-order chi connectivity index (χ1) is 9.60. The molecule has 0 unspecified atom stereocenters. The van der Waals surface area contributed by atoms with Crippen LogP contribution in [0.4, 0.5) is 5.69 Å². The maximum Gasteiger partial charge on any atom is 0.241 e. The number of methoxy groups -OCH3 is 1. The van der Waals surface area contributed by atoms with Gasteiger partial charge in [-0.3, -0.25) is 4.79 Å². The molecule has 110 valence electrons. The van der Waals surface area contributed by atoms with Crippen molar-refractivity contribution in [1.29, 1.82) is 0 Å². The molecule has 5 nitrogen and oxygen atoms in total. The van der Waals surface area contributed by atoms with Gasteiger partial charge < -0.3 is 19.9 Å². The molecule has 1 aliphatic rings. The molecule has 0 atom stereocenters. The molecule has 0 aromatic heterocycles. The Hall–Kier alpha value is -1.46. The third kappa shape index (κ3) is 3.77. The molecule has 1 heterocycles. The number of carbonyl (C=O) groups is 1. The number of hydrogen-bond acceptors (Lipinski definition) is 4. The molecule has 0 aliphatic carbocycles. The lowest BCUT2D eigenvalue weighted by atomic mass is 10.3. The predicted molar refractivity (Wildman–Crippen MR) is 80.6 cm³/mol. The summed E-state index contributed by atoms with van der Waals surface area (Å²) in [6.07, 6.45) is 0. The van der Waals surface area contributed by atoms with E-state index in [4.69, 9.17) is 16.3 Å². The molecular formula is C14H20ClN3O2. The number of anilines is 1. The Kier molecular flexibility index (Phi) is 5.09. The summed E-state index contributed by atoms with van der Waals surface area (Å²) < 4.78 is 5.15. The van der Waals surface area contributed by atoms with E-state index >= 15 is 0 Å². The second-order valence-electron chi connectivity index (χ2n) is 4.88. The number of carbonyl (C=O) groups excluding carboxylic acids is 1. The second-order valence-corrected chi connectivity index (χ2v) is 5.29. The predicted octanol–water partition coefficient (Wildman–Crippen LogP) is 1.53. The lowest BCUT2D eigenvalue weighted by Gasteiger charge is -2.32. The van der Waals surface area contributed by atoms with Crippen LogP contribution in [0.25, 0.3) is 0 Å². The first kappa shape index (κ1) is 14.9. The minimum atomic E-state index is 0.0944. The van der Waals surface area contributed by atoms with Gasteiger partial charge in [0.2, 0.25) is 5.91 Å². The van der Waals surface area contributed by atoms with E-state index in [1.54, 1.807) is 25.3 Å². The Morgan fingerprint density at radius 3 is 2.70 bits per heavy atom. The van der Waals surface area contributed by atoms with Gasteiger partial charge >= 0.3 is 0 Å². The molecule has 1 fully saturated rings. The van der Waals surface area contributed by atoms with Crippen LogP contribution in [-0.4, -0.2) is 62.6 Å². The highest BCUT2D eigenvalue weighted by Crippen LogP contribution is 2.26. The first-order valence-electron chi connectivity index (χ1n) is 6.64. The van der Waals surface area contributed by atoms with E-state index in [-0.39, 0.29) is 12.5 Å². The highest BCUT2D eigenvalue weighted by Gasteiger charge is 2.18. The van der Waals surface area contributed by atoms with Crippen molar-refractivity contribution in [2.75, 3.05) is 52.2 Å². The van der Waals surface area contributed by atoms with Crippen LogP contribution in [-0.2, 0) is 4.79 Å². The van der Waals surface area contributed by atoms with Crippen LogP contribution in [0.5, 0.6) is 5.75 Å². The highest BCUT2D eigenvalue weighted by molar-refractivity contribution is 6.33. The zero-order valence-electron chi connectivity index (χ0n) is 11.9. The van der Waals surface area contributed by atoms with Crippen molar-refractivity contribution in [3.63, 3.8) is 0 Å². The normalized spacial score (nSPS) is 16.1. The van der Waals surface area contributed by atoms with Crippen LogP contribution in [0.3, 0.4) is 0 Å². The van der Waals surface area contributed by atoms with Crippen molar-refractivity contribution in [1.82, 2.24) is 9.80 Å². The molecule has 20 heavy (non-hydrogen) atoms. The molecule has 1 aromatic rings. The summed E-state index contributed by atoms with van der Waals surface area (Å²) >= 11 is 6.09. The minimum absolute atomic E-state index is 0.0944. The molecule has 0 spiro atoms. The van der Waals surface area contributed by atoms with Gasteiger partial charge in [0, 0.05) is 32.2 Å². The van der Waals surface area contributed by atoms with E-state index in [0.29, 0.717) is 16.5 Å². The number of piperazine rings is 1. The monoisotopic (exact) mass is 297 g/mol. The number of hydrogen-bond donors (Lipinski definition) is 1. The van der Waals surface area contributed by atoms with Crippen LogP contribution in [0.1, 0.15) is 0 Å². The Balaban J connectivity index is 1.90. The number of halogens is 1. The quantitative estimate of drug-likeness (QED) is 0.915. The maximum atomic E-state index is 12.1. The van der Waals surface area contributed by atoms with Crippen molar-refractivity contribution >= 4 is 23.2 Å². The largest absolute Gasteiger partial charge is 0.497 e. The van der Waals surface area contributed by atoms with Crippen LogP contribution in [0, 0.1) is 0 Å². The molecule has 0 bridgehead atoms. The molecule has 0 radical (unpaired) electrons. The van der Waals surface area contributed by atoms with Crippen molar-refractivity contribution in [3.8, 4) is 5.75 Å². The molecule has 1 saturated heterocycles.